The first kappa shape index (κ1) is 28.8. The number of carboxylic acids is 1. The molecule has 1 saturated heterocycles. The van der Waals surface area contributed by atoms with Crippen LogP contribution in [0.3, 0.4) is 0 Å². The summed E-state index contributed by atoms with van der Waals surface area (Å²) in [5.41, 5.74) is 16.0. The summed E-state index contributed by atoms with van der Waals surface area (Å²) < 4.78 is 0. The molecule has 0 bridgehead atoms. The summed E-state index contributed by atoms with van der Waals surface area (Å²) in [6.07, 6.45) is 0.575. The second-order valence-corrected chi connectivity index (χ2v) is 8.90. The average molecular weight is 485 g/mol. The lowest BCUT2D eigenvalue weighted by Gasteiger charge is -2.29. The zero-order valence-corrected chi connectivity index (χ0v) is 19.6. The van der Waals surface area contributed by atoms with Gasteiger partial charge in [0.25, 0.3) is 0 Å². The largest absolute Gasteiger partial charge is 0.480 e. The molecule has 0 aromatic heterocycles. The van der Waals surface area contributed by atoms with Crippen molar-refractivity contribution in [2.75, 3.05) is 6.54 Å². The van der Waals surface area contributed by atoms with Crippen molar-refractivity contribution < 1.29 is 33.9 Å². The molecule has 13 nitrogen and oxygen atoms in total. The van der Waals surface area contributed by atoms with Gasteiger partial charge in [-0.1, -0.05) is 13.8 Å². The molecule has 0 spiro atoms. The molecule has 13 heteroatoms. The molecule has 5 amide bonds. The summed E-state index contributed by atoms with van der Waals surface area (Å²) in [4.78, 5) is 73.5. The van der Waals surface area contributed by atoms with Crippen molar-refractivity contribution in [3.05, 3.63) is 0 Å². The summed E-state index contributed by atoms with van der Waals surface area (Å²) in [6, 6.07) is -4.34. The second-order valence-electron chi connectivity index (χ2n) is 8.90. The molecule has 0 aromatic carbocycles. The maximum atomic E-state index is 13.1. The van der Waals surface area contributed by atoms with Gasteiger partial charge in [-0.15, -0.1) is 0 Å². The molecule has 1 fully saturated rings. The minimum Gasteiger partial charge on any atom is -0.480 e. The van der Waals surface area contributed by atoms with Gasteiger partial charge in [0.2, 0.25) is 29.5 Å². The number of hydrogen-bond donors (Lipinski definition) is 6. The summed E-state index contributed by atoms with van der Waals surface area (Å²) in [6.45, 7) is 3.95. The molecule has 1 aliphatic heterocycles. The molecule has 0 saturated carbocycles. The van der Waals surface area contributed by atoms with E-state index in [9.17, 15) is 33.9 Å². The van der Waals surface area contributed by atoms with Crippen LogP contribution in [0.25, 0.3) is 0 Å². The Hall–Kier alpha value is -3.22. The molecule has 0 aromatic rings. The van der Waals surface area contributed by atoms with E-state index in [-0.39, 0.29) is 44.6 Å². The summed E-state index contributed by atoms with van der Waals surface area (Å²) in [7, 11) is 0. The summed E-state index contributed by atoms with van der Waals surface area (Å²) in [5.74, 6) is -4.45. The predicted octanol–water partition coefficient (Wildman–Crippen LogP) is -2.06. The van der Waals surface area contributed by atoms with Crippen LogP contribution in [-0.2, 0) is 28.8 Å². The molecule has 0 aliphatic carbocycles. The van der Waals surface area contributed by atoms with E-state index in [1.54, 1.807) is 0 Å². The van der Waals surface area contributed by atoms with Crippen LogP contribution in [0.2, 0.25) is 0 Å². The van der Waals surface area contributed by atoms with Crippen molar-refractivity contribution >= 4 is 35.5 Å². The SMILES string of the molecule is CC(C)CC(NC(=O)C(CCC(N)=O)NC(=O)C(N)CCC(N)=O)C(=O)N1CCCC1C(=O)O. The van der Waals surface area contributed by atoms with Gasteiger partial charge in [-0.2, -0.15) is 0 Å². The molecule has 34 heavy (non-hydrogen) atoms. The van der Waals surface area contributed by atoms with Crippen LogP contribution in [0.15, 0.2) is 0 Å². The number of rotatable bonds is 14. The highest BCUT2D eigenvalue weighted by Crippen LogP contribution is 2.20. The molecule has 1 aliphatic rings. The minimum absolute atomic E-state index is 0.0130. The molecule has 0 radical (unpaired) electrons. The number of nitrogens with one attached hydrogen (secondary N) is 2. The first-order valence-corrected chi connectivity index (χ1v) is 11.3. The number of carboxylic acid groups (broad SMARTS) is 1. The molecule has 4 atom stereocenters. The third-order valence-corrected chi connectivity index (χ3v) is 5.49. The Bertz CT molecular complexity index is 788. The van der Waals surface area contributed by atoms with Gasteiger partial charge in [0.15, 0.2) is 0 Å². The minimum atomic E-state index is -1.23. The fourth-order valence-electron chi connectivity index (χ4n) is 3.72. The maximum absolute atomic E-state index is 13.1. The van der Waals surface area contributed by atoms with E-state index in [0.29, 0.717) is 12.8 Å². The lowest BCUT2D eigenvalue weighted by atomic mass is 10.0. The highest BCUT2D eigenvalue weighted by atomic mass is 16.4. The number of aliphatic carboxylic acids is 1. The van der Waals surface area contributed by atoms with Gasteiger partial charge in [-0.05, 0) is 38.0 Å². The van der Waals surface area contributed by atoms with Crippen LogP contribution >= 0.6 is 0 Å². The quantitative estimate of drug-likeness (QED) is 0.160. The summed E-state index contributed by atoms with van der Waals surface area (Å²) in [5, 5.41) is 14.4. The van der Waals surface area contributed by atoms with Gasteiger partial charge in [-0.25, -0.2) is 4.79 Å². The van der Waals surface area contributed by atoms with E-state index < -0.39 is 59.7 Å². The van der Waals surface area contributed by atoms with Crippen LogP contribution < -0.4 is 27.8 Å². The third-order valence-electron chi connectivity index (χ3n) is 5.49. The number of nitrogens with two attached hydrogens (primary N) is 3. The van der Waals surface area contributed by atoms with Crippen LogP contribution in [0, 0.1) is 5.92 Å². The van der Waals surface area contributed by atoms with Gasteiger partial charge in [0, 0.05) is 19.4 Å². The van der Waals surface area contributed by atoms with Gasteiger partial charge in [0.05, 0.1) is 6.04 Å². The van der Waals surface area contributed by atoms with Gasteiger partial charge >= 0.3 is 5.97 Å². The fraction of sp³-hybridized carbons (Fsp3) is 0.714. The number of nitrogens with zero attached hydrogens (tertiary/aromatic N) is 1. The van der Waals surface area contributed by atoms with Crippen molar-refractivity contribution in [2.45, 2.75) is 83.0 Å². The molecule has 192 valence electrons. The molecular formula is C21H36N6O7. The van der Waals surface area contributed by atoms with Crippen molar-refractivity contribution in [3.63, 3.8) is 0 Å². The average Bonchev–Trinajstić information content (AvgIpc) is 3.23. The molecule has 1 heterocycles. The Labute approximate surface area is 198 Å². The number of carbonyl (C=O) groups excluding carboxylic acids is 5. The Morgan fingerprint density at radius 3 is 2.03 bits per heavy atom. The molecule has 1 rings (SSSR count). The van der Waals surface area contributed by atoms with E-state index in [1.807, 2.05) is 13.8 Å². The van der Waals surface area contributed by atoms with Crippen molar-refractivity contribution in [2.24, 2.45) is 23.1 Å². The molecule has 9 N–H and O–H groups in total. The monoisotopic (exact) mass is 484 g/mol. The number of likely N-dealkylation sites (tertiary alicyclic amines) is 1. The fourth-order valence-corrected chi connectivity index (χ4v) is 3.72. The van der Waals surface area contributed by atoms with Gasteiger partial charge in [-0.3, -0.25) is 24.0 Å². The predicted molar refractivity (Wildman–Crippen MR) is 121 cm³/mol. The first-order valence-electron chi connectivity index (χ1n) is 11.3. The van der Waals surface area contributed by atoms with E-state index in [1.165, 1.54) is 4.90 Å². The van der Waals surface area contributed by atoms with Crippen LogP contribution in [0.5, 0.6) is 0 Å². The third kappa shape index (κ3) is 9.33. The number of hydrogen-bond acceptors (Lipinski definition) is 7. The van der Waals surface area contributed by atoms with Crippen LogP contribution in [0.1, 0.15) is 58.8 Å². The maximum Gasteiger partial charge on any atom is 0.326 e. The second kappa shape index (κ2) is 13.5. The summed E-state index contributed by atoms with van der Waals surface area (Å²) >= 11 is 0. The normalized spacial score (nSPS) is 18.1. The topological polar surface area (TPSA) is 228 Å². The van der Waals surface area contributed by atoms with E-state index in [2.05, 4.69) is 10.6 Å². The van der Waals surface area contributed by atoms with Crippen molar-refractivity contribution in [1.29, 1.82) is 0 Å². The van der Waals surface area contributed by atoms with E-state index >= 15 is 0 Å². The highest BCUT2D eigenvalue weighted by Gasteiger charge is 2.38. The number of primary amides is 2. The first-order chi connectivity index (χ1) is 15.8. The Kier molecular flexibility index (Phi) is 11.4. The van der Waals surface area contributed by atoms with Crippen molar-refractivity contribution in [3.8, 4) is 0 Å². The van der Waals surface area contributed by atoms with Crippen LogP contribution in [-0.4, -0.2) is 76.2 Å². The lowest BCUT2D eigenvalue weighted by molar-refractivity contribution is -0.149. The molecule has 4 unspecified atom stereocenters. The smallest absolute Gasteiger partial charge is 0.326 e. The zero-order valence-electron chi connectivity index (χ0n) is 19.6. The Morgan fingerprint density at radius 2 is 1.50 bits per heavy atom. The van der Waals surface area contributed by atoms with Gasteiger partial charge in [0.1, 0.15) is 18.1 Å². The standard InChI is InChI=1S/C21H36N6O7/c1-11(2)10-14(20(32)27-9-3-4-15(27)21(33)34)26-19(31)13(6-8-17(24)29)25-18(30)12(22)5-7-16(23)28/h11-15H,3-10,22H2,1-2H3,(H2,23,28)(H2,24,29)(H,25,30)(H,26,31)(H,33,34). The highest BCUT2D eigenvalue weighted by molar-refractivity contribution is 5.94. The number of amides is 5. The number of carbonyl (C=O) groups is 6. The lowest BCUT2D eigenvalue weighted by Crippen LogP contribution is -2.57. The Morgan fingerprint density at radius 1 is 0.941 bits per heavy atom. The van der Waals surface area contributed by atoms with Crippen molar-refractivity contribution in [1.82, 2.24) is 15.5 Å². The Balaban J connectivity index is 2.99. The van der Waals surface area contributed by atoms with E-state index in [0.717, 1.165) is 0 Å². The van der Waals surface area contributed by atoms with Gasteiger partial charge < -0.3 is 37.8 Å². The zero-order chi connectivity index (χ0) is 26.0. The molecular weight excluding hydrogens is 448 g/mol. The van der Waals surface area contributed by atoms with Crippen LogP contribution in [0.4, 0.5) is 0 Å². The van der Waals surface area contributed by atoms with E-state index in [4.69, 9.17) is 17.2 Å².